The maximum Gasteiger partial charge on any atom is 0.168 e. The molecule has 0 radical (unpaired) electrons. The van der Waals surface area contributed by atoms with Gasteiger partial charge in [-0.2, -0.15) is 0 Å². The molecule has 16 heavy (non-hydrogen) atoms. The first-order valence-electron chi connectivity index (χ1n) is 5.12. The number of rotatable bonds is 1. The largest absolute Gasteiger partial charge is 0.296 e. The van der Waals surface area contributed by atoms with E-state index in [0.717, 1.165) is 28.0 Å². The Morgan fingerprint density at radius 2 is 1.62 bits per heavy atom. The van der Waals surface area contributed by atoms with Crippen LogP contribution in [0.1, 0.15) is 10.5 Å². The fourth-order valence-electron chi connectivity index (χ4n) is 1.94. The first-order chi connectivity index (χ1) is 7.88. The van der Waals surface area contributed by atoms with Gasteiger partial charge in [-0.3, -0.25) is 4.79 Å². The van der Waals surface area contributed by atoms with Gasteiger partial charge in [0.05, 0.1) is 5.52 Å². The molecule has 1 aromatic heterocycles. The molecular formula is C14H9NO. The van der Waals surface area contributed by atoms with E-state index in [2.05, 4.69) is 11.1 Å². The number of hydrogen-bond acceptors (Lipinski definition) is 2. The van der Waals surface area contributed by atoms with Crippen LogP contribution in [0.4, 0.5) is 0 Å². The van der Waals surface area contributed by atoms with E-state index >= 15 is 0 Å². The summed E-state index contributed by atoms with van der Waals surface area (Å²) in [5.41, 5.74) is 1.37. The van der Waals surface area contributed by atoms with Gasteiger partial charge >= 0.3 is 0 Å². The molecule has 76 valence electrons. The molecule has 0 spiro atoms. The lowest BCUT2D eigenvalue weighted by Gasteiger charge is -2.02. The quantitative estimate of drug-likeness (QED) is 0.453. The highest BCUT2D eigenvalue weighted by Gasteiger charge is 2.02. The van der Waals surface area contributed by atoms with E-state index < -0.39 is 0 Å². The third kappa shape index (κ3) is 1.27. The summed E-state index contributed by atoms with van der Waals surface area (Å²) in [6.07, 6.45) is 0.779. The number of aromatic nitrogens is 1. The molecule has 0 saturated carbocycles. The topological polar surface area (TPSA) is 30.0 Å². The molecule has 0 unspecified atom stereocenters. The summed E-state index contributed by atoms with van der Waals surface area (Å²) < 4.78 is 0. The highest BCUT2D eigenvalue weighted by atomic mass is 16.1. The second-order valence-corrected chi connectivity index (χ2v) is 3.71. The van der Waals surface area contributed by atoms with Crippen LogP contribution in [-0.2, 0) is 0 Å². The van der Waals surface area contributed by atoms with Gasteiger partial charge in [-0.25, -0.2) is 4.98 Å². The van der Waals surface area contributed by atoms with Crippen LogP contribution in [0.15, 0.2) is 48.5 Å². The van der Waals surface area contributed by atoms with Gasteiger partial charge in [0.2, 0.25) is 0 Å². The summed E-state index contributed by atoms with van der Waals surface area (Å²) in [6, 6.07) is 15.8. The monoisotopic (exact) mass is 207 g/mol. The highest BCUT2D eigenvalue weighted by Crippen LogP contribution is 2.23. The third-order valence-electron chi connectivity index (χ3n) is 2.73. The van der Waals surface area contributed by atoms with Crippen LogP contribution in [0, 0.1) is 0 Å². The van der Waals surface area contributed by atoms with Crippen molar-refractivity contribution in [2.75, 3.05) is 0 Å². The molecule has 0 aliphatic heterocycles. The van der Waals surface area contributed by atoms with Crippen LogP contribution in [0.5, 0.6) is 0 Å². The van der Waals surface area contributed by atoms with Gasteiger partial charge in [-0.15, -0.1) is 0 Å². The normalized spacial score (nSPS) is 10.8. The molecule has 0 amide bonds. The Hall–Kier alpha value is -2.22. The van der Waals surface area contributed by atoms with Crippen molar-refractivity contribution in [3.8, 4) is 0 Å². The lowest BCUT2D eigenvalue weighted by atomic mass is 10.1. The number of hydrogen-bond donors (Lipinski definition) is 0. The van der Waals surface area contributed by atoms with Gasteiger partial charge in [0, 0.05) is 10.8 Å². The van der Waals surface area contributed by atoms with Crippen molar-refractivity contribution < 1.29 is 4.79 Å². The van der Waals surface area contributed by atoms with Gasteiger partial charge in [0.15, 0.2) is 6.29 Å². The Morgan fingerprint density at radius 3 is 2.50 bits per heavy atom. The van der Waals surface area contributed by atoms with Crippen LogP contribution >= 0.6 is 0 Å². The lowest BCUT2D eigenvalue weighted by molar-refractivity contribution is 0.111. The summed E-state index contributed by atoms with van der Waals surface area (Å²) in [6.45, 7) is 0. The molecule has 0 atom stereocenters. The number of pyridine rings is 1. The molecule has 3 aromatic rings. The molecule has 2 aromatic carbocycles. The van der Waals surface area contributed by atoms with Crippen LogP contribution in [0.3, 0.4) is 0 Å². The number of fused-ring (bicyclic) bond motifs is 3. The summed E-state index contributed by atoms with van der Waals surface area (Å²) in [4.78, 5) is 15.1. The smallest absolute Gasteiger partial charge is 0.168 e. The van der Waals surface area contributed by atoms with Crippen molar-refractivity contribution >= 4 is 28.0 Å². The number of aldehydes is 1. The zero-order valence-corrected chi connectivity index (χ0v) is 8.55. The molecule has 0 aliphatic rings. The molecule has 0 fully saturated rings. The minimum absolute atomic E-state index is 0.476. The molecule has 0 aliphatic carbocycles. The summed E-state index contributed by atoms with van der Waals surface area (Å²) in [5.74, 6) is 0. The van der Waals surface area contributed by atoms with E-state index in [1.807, 2.05) is 36.4 Å². The van der Waals surface area contributed by atoms with Gasteiger partial charge in [-0.1, -0.05) is 42.5 Å². The maximum absolute atomic E-state index is 10.7. The first-order valence-corrected chi connectivity index (χ1v) is 5.12. The van der Waals surface area contributed by atoms with Crippen molar-refractivity contribution in [1.82, 2.24) is 4.98 Å². The molecule has 0 N–H and O–H groups in total. The van der Waals surface area contributed by atoms with Gasteiger partial charge in [0.25, 0.3) is 0 Å². The van der Waals surface area contributed by atoms with Crippen LogP contribution in [-0.4, -0.2) is 11.3 Å². The molecule has 0 bridgehead atoms. The Balaban J connectivity index is 2.52. The van der Waals surface area contributed by atoms with E-state index in [1.54, 1.807) is 6.07 Å². The molecule has 1 heterocycles. The predicted octanol–water partition coefficient (Wildman–Crippen LogP) is 3.20. The van der Waals surface area contributed by atoms with Gasteiger partial charge in [-0.05, 0) is 11.5 Å². The van der Waals surface area contributed by atoms with E-state index in [9.17, 15) is 4.79 Å². The Labute approximate surface area is 92.5 Å². The third-order valence-corrected chi connectivity index (χ3v) is 2.73. The first kappa shape index (κ1) is 9.04. The van der Waals surface area contributed by atoms with E-state index in [-0.39, 0.29) is 0 Å². The molecule has 2 nitrogen and oxygen atoms in total. The minimum Gasteiger partial charge on any atom is -0.296 e. The predicted molar refractivity (Wildman–Crippen MR) is 64.6 cm³/mol. The number of benzene rings is 2. The van der Waals surface area contributed by atoms with Crippen molar-refractivity contribution in [3.05, 3.63) is 54.2 Å². The summed E-state index contributed by atoms with van der Waals surface area (Å²) in [5, 5.41) is 3.29. The van der Waals surface area contributed by atoms with E-state index in [4.69, 9.17) is 0 Å². The van der Waals surface area contributed by atoms with Crippen LogP contribution < -0.4 is 0 Å². The average Bonchev–Trinajstić information content (AvgIpc) is 2.38. The maximum atomic E-state index is 10.7. The zero-order valence-electron chi connectivity index (χ0n) is 8.55. The highest BCUT2D eigenvalue weighted by molar-refractivity contribution is 6.05. The SMILES string of the molecule is O=Cc1ccc2ccc3ccccc3c2n1. The lowest BCUT2D eigenvalue weighted by Crippen LogP contribution is -1.88. The number of carbonyl (C=O) groups excluding carboxylic acids is 1. The summed E-state index contributed by atoms with van der Waals surface area (Å²) >= 11 is 0. The van der Waals surface area contributed by atoms with E-state index in [0.29, 0.717) is 5.69 Å². The standard InChI is InChI=1S/C14H9NO/c16-9-12-8-7-11-6-5-10-3-1-2-4-13(10)14(11)15-12/h1-9H. The van der Waals surface area contributed by atoms with Crippen molar-refractivity contribution in [2.24, 2.45) is 0 Å². The van der Waals surface area contributed by atoms with Crippen LogP contribution in [0.2, 0.25) is 0 Å². The Morgan fingerprint density at radius 1 is 0.875 bits per heavy atom. The van der Waals surface area contributed by atoms with Crippen molar-refractivity contribution in [3.63, 3.8) is 0 Å². The molecule has 0 saturated heterocycles. The summed E-state index contributed by atoms with van der Waals surface area (Å²) in [7, 11) is 0. The average molecular weight is 207 g/mol. The van der Waals surface area contributed by atoms with Gasteiger partial charge in [0.1, 0.15) is 5.69 Å². The molecule has 3 rings (SSSR count). The van der Waals surface area contributed by atoms with Gasteiger partial charge < -0.3 is 0 Å². The van der Waals surface area contributed by atoms with Crippen molar-refractivity contribution in [1.29, 1.82) is 0 Å². The Kier molecular flexibility index (Phi) is 1.93. The molecular weight excluding hydrogens is 198 g/mol. The molecule has 2 heteroatoms. The number of nitrogens with zero attached hydrogens (tertiary/aromatic N) is 1. The number of carbonyl (C=O) groups is 1. The fourth-order valence-corrected chi connectivity index (χ4v) is 1.94. The fraction of sp³-hybridized carbons (Fsp3) is 0. The minimum atomic E-state index is 0.476. The van der Waals surface area contributed by atoms with Crippen molar-refractivity contribution in [2.45, 2.75) is 0 Å². The zero-order chi connectivity index (χ0) is 11.0. The second-order valence-electron chi connectivity index (χ2n) is 3.71. The Bertz CT molecular complexity index is 688. The van der Waals surface area contributed by atoms with Crippen LogP contribution in [0.25, 0.3) is 21.7 Å². The second kappa shape index (κ2) is 3.42. The van der Waals surface area contributed by atoms with E-state index in [1.165, 1.54) is 0 Å².